The summed E-state index contributed by atoms with van der Waals surface area (Å²) < 4.78 is 1.74. The lowest BCUT2D eigenvalue weighted by Crippen LogP contribution is -2.18. The van der Waals surface area contributed by atoms with Crippen molar-refractivity contribution in [3.8, 4) is 28.1 Å². The second-order valence-electron chi connectivity index (χ2n) is 8.65. The summed E-state index contributed by atoms with van der Waals surface area (Å²) in [5.41, 5.74) is 9.11. The van der Waals surface area contributed by atoms with E-state index >= 15 is 0 Å². The van der Waals surface area contributed by atoms with E-state index in [9.17, 15) is 14.9 Å². The zero-order valence-electron chi connectivity index (χ0n) is 20.5. The Bertz CT molecular complexity index is 1610. The van der Waals surface area contributed by atoms with Crippen LogP contribution >= 0.6 is 0 Å². The van der Waals surface area contributed by atoms with Crippen LogP contribution in [0.15, 0.2) is 114 Å². The number of hydrazone groups is 1. The van der Waals surface area contributed by atoms with E-state index in [0.717, 1.165) is 33.6 Å². The highest BCUT2D eigenvalue weighted by Gasteiger charge is 2.17. The van der Waals surface area contributed by atoms with Crippen LogP contribution in [-0.4, -0.2) is 26.8 Å². The maximum atomic E-state index is 12.9. The molecule has 1 N–H and O–H groups in total. The third-order valence-electron chi connectivity index (χ3n) is 5.99. The number of aromatic nitrogens is 2. The predicted octanol–water partition coefficient (Wildman–Crippen LogP) is 6.19. The van der Waals surface area contributed by atoms with Crippen molar-refractivity contribution in [2.75, 3.05) is 0 Å². The molecule has 0 atom stereocenters. The number of rotatable bonds is 7. The summed E-state index contributed by atoms with van der Waals surface area (Å²) in [5, 5.41) is 19.4. The molecule has 5 aromatic rings. The quantitative estimate of drug-likeness (QED) is 0.163. The molecule has 0 radical (unpaired) electrons. The monoisotopic (exact) mass is 501 g/mol. The van der Waals surface area contributed by atoms with E-state index in [1.165, 1.54) is 18.3 Å². The van der Waals surface area contributed by atoms with Crippen molar-refractivity contribution in [1.29, 1.82) is 0 Å². The normalized spacial score (nSPS) is 11.0. The minimum absolute atomic E-state index is 0.0165. The average molecular weight is 502 g/mol. The molecule has 186 valence electrons. The highest BCUT2D eigenvalue weighted by molar-refractivity contribution is 5.94. The molecular weight excluding hydrogens is 478 g/mol. The van der Waals surface area contributed by atoms with Gasteiger partial charge in [-0.2, -0.15) is 10.2 Å². The first kappa shape index (κ1) is 24.3. The zero-order valence-corrected chi connectivity index (χ0v) is 20.5. The molecule has 0 aliphatic carbocycles. The number of nitro benzene ring substituents is 1. The van der Waals surface area contributed by atoms with Crippen molar-refractivity contribution in [3.63, 3.8) is 0 Å². The zero-order chi connectivity index (χ0) is 26.5. The van der Waals surface area contributed by atoms with Gasteiger partial charge in [0.05, 0.1) is 22.5 Å². The lowest BCUT2D eigenvalue weighted by atomic mass is 10.0. The van der Waals surface area contributed by atoms with Crippen LogP contribution < -0.4 is 5.43 Å². The maximum absolute atomic E-state index is 12.9. The first-order valence-electron chi connectivity index (χ1n) is 11.9. The molecule has 0 aliphatic heterocycles. The molecule has 1 aromatic heterocycles. The minimum Gasteiger partial charge on any atom is -0.265 e. The fraction of sp³-hybridized carbons (Fsp3) is 0.0333. The number of amides is 1. The molecule has 0 fully saturated rings. The van der Waals surface area contributed by atoms with Crippen molar-refractivity contribution < 1.29 is 9.72 Å². The number of non-ortho nitro benzene ring substituents is 1. The summed E-state index contributed by atoms with van der Waals surface area (Å²) in [7, 11) is 0. The van der Waals surface area contributed by atoms with Gasteiger partial charge in [-0.15, -0.1) is 0 Å². The average Bonchev–Trinajstić information content (AvgIpc) is 3.40. The van der Waals surface area contributed by atoms with E-state index in [2.05, 4.69) is 27.8 Å². The molecule has 4 aromatic carbocycles. The summed E-state index contributed by atoms with van der Waals surface area (Å²) in [5.74, 6) is -0.476. The second-order valence-corrected chi connectivity index (χ2v) is 8.65. The van der Waals surface area contributed by atoms with Crippen LogP contribution in [-0.2, 0) is 0 Å². The van der Waals surface area contributed by atoms with Crippen molar-refractivity contribution in [1.82, 2.24) is 15.2 Å². The van der Waals surface area contributed by atoms with Gasteiger partial charge in [0, 0.05) is 17.7 Å². The van der Waals surface area contributed by atoms with E-state index < -0.39 is 10.8 Å². The standard InChI is InChI=1S/C30H23N5O3/c1-21-7-15-26(16-8-21)34-29(25-13-11-24(12-14-25)23-5-3-2-4-6-23)19-28(33-34)30(36)32-31-20-22-9-17-27(18-10-22)35(37)38/h2-20H,1H3,(H,32,36)/b31-20-. The summed E-state index contributed by atoms with van der Waals surface area (Å²) >= 11 is 0. The van der Waals surface area contributed by atoms with Crippen molar-refractivity contribution in [2.24, 2.45) is 5.10 Å². The number of nitrogens with zero attached hydrogens (tertiary/aromatic N) is 4. The van der Waals surface area contributed by atoms with Gasteiger partial charge in [0.2, 0.25) is 0 Å². The second kappa shape index (κ2) is 10.7. The number of hydrogen-bond acceptors (Lipinski definition) is 5. The van der Waals surface area contributed by atoms with Crippen LogP contribution in [0.3, 0.4) is 0 Å². The van der Waals surface area contributed by atoms with Gasteiger partial charge >= 0.3 is 0 Å². The molecule has 1 amide bonds. The first-order chi connectivity index (χ1) is 18.5. The van der Waals surface area contributed by atoms with Crippen LogP contribution in [0.5, 0.6) is 0 Å². The first-order valence-corrected chi connectivity index (χ1v) is 11.9. The fourth-order valence-corrected chi connectivity index (χ4v) is 3.95. The molecule has 0 saturated heterocycles. The fourth-order valence-electron chi connectivity index (χ4n) is 3.95. The molecule has 1 heterocycles. The maximum Gasteiger partial charge on any atom is 0.291 e. The third kappa shape index (κ3) is 5.39. The number of aryl methyl sites for hydroxylation is 1. The molecule has 5 rings (SSSR count). The number of nitrogens with one attached hydrogen (secondary N) is 1. The highest BCUT2D eigenvalue weighted by atomic mass is 16.6. The van der Waals surface area contributed by atoms with Crippen LogP contribution in [0.25, 0.3) is 28.1 Å². The Kier molecular flexibility index (Phi) is 6.86. The van der Waals surface area contributed by atoms with E-state index in [4.69, 9.17) is 0 Å². The molecule has 0 saturated carbocycles. The molecule has 0 aliphatic rings. The smallest absolute Gasteiger partial charge is 0.265 e. The Labute approximate surface area is 219 Å². The topological polar surface area (TPSA) is 102 Å². The molecule has 0 spiro atoms. The summed E-state index contributed by atoms with van der Waals surface area (Å²) in [6.07, 6.45) is 1.42. The molecule has 8 nitrogen and oxygen atoms in total. The molecule has 38 heavy (non-hydrogen) atoms. The van der Waals surface area contributed by atoms with E-state index in [-0.39, 0.29) is 11.4 Å². The van der Waals surface area contributed by atoms with E-state index in [1.807, 2.05) is 73.7 Å². The Hall–Kier alpha value is -5.37. The van der Waals surface area contributed by atoms with E-state index in [1.54, 1.807) is 22.9 Å². The van der Waals surface area contributed by atoms with Crippen LogP contribution in [0.2, 0.25) is 0 Å². The summed E-state index contributed by atoms with van der Waals surface area (Å²) in [6, 6.07) is 33.7. The minimum atomic E-state index is -0.476. The molecule has 0 bridgehead atoms. The highest BCUT2D eigenvalue weighted by Crippen LogP contribution is 2.27. The van der Waals surface area contributed by atoms with Crippen molar-refractivity contribution >= 4 is 17.8 Å². The largest absolute Gasteiger partial charge is 0.291 e. The number of carbonyl (C=O) groups excluding carboxylic acids is 1. The van der Waals surface area contributed by atoms with Crippen LogP contribution in [0.1, 0.15) is 21.6 Å². The van der Waals surface area contributed by atoms with Crippen molar-refractivity contribution in [2.45, 2.75) is 6.92 Å². The van der Waals surface area contributed by atoms with Gasteiger partial charge in [-0.1, -0.05) is 72.3 Å². The SMILES string of the molecule is Cc1ccc(-n2nc(C(=O)N/N=C\c3ccc([N+](=O)[O-])cc3)cc2-c2ccc(-c3ccccc3)cc2)cc1. The molecular formula is C30H23N5O3. The Morgan fingerprint density at radius 2 is 1.50 bits per heavy atom. The van der Waals surface area contributed by atoms with Gasteiger partial charge in [0.1, 0.15) is 0 Å². The Morgan fingerprint density at radius 3 is 2.16 bits per heavy atom. The number of benzene rings is 4. The lowest BCUT2D eigenvalue weighted by Gasteiger charge is -2.09. The predicted molar refractivity (Wildman–Crippen MR) is 147 cm³/mol. The van der Waals surface area contributed by atoms with Gasteiger partial charge < -0.3 is 0 Å². The number of hydrogen-bond donors (Lipinski definition) is 1. The number of nitro groups is 1. The van der Waals surface area contributed by atoms with Crippen molar-refractivity contribution in [3.05, 3.63) is 136 Å². The summed E-state index contributed by atoms with van der Waals surface area (Å²) in [4.78, 5) is 23.2. The Balaban J connectivity index is 1.42. The van der Waals surface area contributed by atoms with Gasteiger partial charge in [-0.3, -0.25) is 14.9 Å². The van der Waals surface area contributed by atoms with Crippen LogP contribution in [0, 0.1) is 17.0 Å². The van der Waals surface area contributed by atoms with Gasteiger partial charge in [0.25, 0.3) is 11.6 Å². The van der Waals surface area contributed by atoms with Gasteiger partial charge in [-0.05, 0) is 53.9 Å². The molecule has 0 unspecified atom stereocenters. The van der Waals surface area contributed by atoms with Gasteiger partial charge in [0.15, 0.2) is 5.69 Å². The van der Waals surface area contributed by atoms with Crippen LogP contribution in [0.4, 0.5) is 5.69 Å². The Morgan fingerprint density at radius 1 is 0.868 bits per heavy atom. The summed E-state index contributed by atoms with van der Waals surface area (Å²) in [6.45, 7) is 2.01. The third-order valence-corrected chi connectivity index (χ3v) is 5.99. The van der Waals surface area contributed by atoms with E-state index in [0.29, 0.717) is 5.56 Å². The molecule has 8 heteroatoms. The lowest BCUT2D eigenvalue weighted by molar-refractivity contribution is -0.384. The van der Waals surface area contributed by atoms with Gasteiger partial charge in [-0.25, -0.2) is 10.1 Å². The number of carbonyl (C=O) groups is 1.